The van der Waals surface area contributed by atoms with E-state index in [1.165, 1.54) is 14.8 Å². The summed E-state index contributed by atoms with van der Waals surface area (Å²) in [7, 11) is -1.90. The zero-order valence-electron chi connectivity index (χ0n) is 18.6. The highest BCUT2D eigenvalue weighted by atomic mass is 32.2. The molecule has 3 heterocycles. The molecule has 0 bridgehead atoms. The zero-order chi connectivity index (χ0) is 23.2. The Labute approximate surface area is 192 Å². The van der Waals surface area contributed by atoms with Gasteiger partial charge in [-0.3, -0.25) is 9.59 Å². The van der Waals surface area contributed by atoms with Crippen molar-refractivity contribution in [3.63, 3.8) is 0 Å². The number of piperazine rings is 1. The van der Waals surface area contributed by atoms with Crippen molar-refractivity contribution in [1.82, 2.24) is 28.1 Å². The zero-order valence-corrected chi connectivity index (χ0v) is 19.4. The number of hydrogen-bond acceptors (Lipinski definition) is 5. The third kappa shape index (κ3) is 3.83. The molecule has 1 aromatic carbocycles. The Hall–Kier alpha value is -2.76. The molecule has 2 aromatic heterocycles. The third-order valence-electron chi connectivity index (χ3n) is 6.91. The number of benzene rings is 1. The molecule has 1 aliphatic carbocycles. The molecular weight excluding hydrogens is 444 g/mol. The summed E-state index contributed by atoms with van der Waals surface area (Å²) < 4.78 is 30.8. The Kier molecular flexibility index (Phi) is 5.71. The SMILES string of the molecule is CN(C1CCCCC1)S(=O)(=O)N1CCN(C(=O)c2cnn3c2[nH]c(=O)c2ccccc23)CC1. The molecule has 3 aromatic rings. The van der Waals surface area contributed by atoms with Crippen LogP contribution in [-0.2, 0) is 10.2 Å². The number of nitrogens with zero attached hydrogens (tertiary/aromatic N) is 5. The molecule has 1 saturated heterocycles. The number of nitrogens with one attached hydrogen (secondary N) is 1. The number of carbonyl (C=O) groups excluding carboxylic acids is 1. The Morgan fingerprint density at radius 3 is 2.52 bits per heavy atom. The molecule has 1 N–H and O–H groups in total. The van der Waals surface area contributed by atoms with Gasteiger partial charge in [0.2, 0.25) is 0 Å². The second kappa shape index (κ2) is 8.54. The maximum atomic E-state index is 13.2. The Morgan fingerprint density at radius 2 is 1.79 bits per heavy atom. The van der Waals surface area contributed by atoms with Crippen molar-refractivity contribution in [3.8, 4) is 0 Å². The van der Waals surface area contributed by atoms with Crippen molar-refractivity contribution < 1.29 is 13.2 Å². The first-order chi connectivity index (χ1) is 15.9. The highest BCUT2D eigenvalue weighted by Crippen LogP contribution is 2.25. The van der Waals surface area contributed by atoms with Gasteiger partial charge in [0.1, 0.15) is 11.2 Å². The van der Waals surface area contributed by atoms with Gasteiger partial charge < -0.3 is 9.88 Å². The lowest BCUT2D eigenvalue weighted by molar-refractivity contribution is 0.0694. The molecule has 2 fully saturated rings. The number of H-pyrrole nitrogens is 1. The molecule has 1 saturated carbocycles. The normalized spacial score (nSPS) is 19.0. The second-order valence-electron chi connectivity index (χ2n) is 8.80. The van der Waals surface area contributed by atoms with E-state index in [1.54, 1.807) is 34.7 Å². The van der Waals surface area contributed by atoms with Gasteiger partial charge in [-0.05, 0) is 25.0 Å². The van der Waals surface area contributed by atoms with Gasteiger partial charge in [-0.25, -0.2) is 4.52 Å². The molecule has 5 rings (SSSR count). The van der Waals surface area contributed by atoms with Gasteiger partial charge >= 0.3 is 0 Å². The van der Waals surface area contributed by atoms with Gasteiger partial charge in [0.05, 0.1) is 17.1 Å². The number of hydrogen-bond donors (Lipinski definition) is 1. The van der Waals surface area contributed by atoms with Crippen LogP contribution in [0.15, 0.2) is 35.3 Å². The van der Waals surface area contributed by atoms with Crippen molar-refractivity contribution in [2.75, 3.05) is 33.2 Å². The predicted molar refractivity (Wildman–Crippen MR) is 124 cm³/mol. The van der Waals surface area contributed by atoms with Gasteiger partial charge in [0.25, 0.3) is 21.7 Å². The molecule has 33 heavy (non-hydrogen) atoms. The van der Waals surface area contributed by atoms with Crippen LogP contribution in [0.4, 0.5) is 0 Å². The molecular formula is C22H28N6O4S. The van der Waals surface area contributed by atoms with Crippen LogP contribution in [-0.4, -0.2) is 81.7 Å². The van der Waals surface area contributed by atoms with Crippen molar-refractivity contribution in [1.29, 1.82) is 0 Å². The molecule has 0 spiro atoms. The van der Waals surface area contributed by atoms with Crippen LogP contribution in [0.5, 0.6) is 0 Å². The first kappa shape index (κ1) is 22.1. The molecule has 10 nitrogen and oxygen atoms in total. The van der Waals surface area contributed by atoms with Crippen LogP contribution < -0.4 is 5.56 Å². The number of para-hydroxylation sites is 1. The van der Waals surface area contributed by atoms with E-state index in [4.69, 9.17) is 0 Å². The summed E-state index contributed by atoms with van der Waals surface area (Å²) in [6.07, 6.45) is 6.54. The lowest BCUT2D eigenvalue weighted by Crippen LogP contribution is -2.55. The fraction of sp³-hybridized carbons (Fsp3) is 0.500. The van der Waals surface area contributed by atoms with Gasteiger partial charge in [-0.15, -0.1) is 0 Å². The Morgan fingerprint density at radius 1 is 1.09 bits per heavy atom. The van der Waals surface area contributed by atoms with E-state index in [0.29, 0.717) is 22.1 Å². The molecule has 1 amide bonds. The third-order valence-corrected chi connectivity index (χ3v) is 8.96. The van der Waals surface area contributed by atoms with Crippen molar-refractivity contribution in [3.05, 3.63) is 46.4 Å². The monoisotopic (exact) mass is 472 g/mol. The minimum Gasteiger partial charge on any atom is -0.336 e. The fourth-order valence-corrected chi connectivity index (χ4v) is 6.52. The number of aromatic amines is 1. The highest BCUT2D eigenvalue weighted by Gasteiger charge is 2.36. The van der Waals surface area contributed by atoms with Crippen LogP contribution in [0, 0.1) is 0 Å². The molecule has 0 unspecified atom stereocenters. The standard InChI is InChI=1S/C22H28N6O4S/c1-25(16-7-3-2-4-8-16)33(31,32)27-13-11-26(12-14-27)22(30)18-15-23-28-19-10-6-5-9-17(19)21(29)24-20(18)28/h5-6,9-10,15-16H,2-4,7-8,11-14H2,1H3,(H,24,29). The predicted octanol–water partition coefficient (Wildman–Crippen LogP) is 1.44. The fourth-order valence-electron chi connectivity index (χ4n) is 4.94. The molecule has 0 radical (unpaired) electrons. The quantitative estimate of drug-likeness (QED) is 0.618. The molecule has 2 aliphatic rings. The van der Waals surface area contributed by atoms with E-state index in [0.717, 1.165) is 32.1 Å². The second-order valence-corrected chi connectivity index (χ2v) is 10.8. The van der Waals surface area contributed by atoms with Crippen LogP contribution in [0.3, 0.4) is 0 Å². The van der Waals surface area contributed by atoms with Crippen LogP contribution in [0.2, 0.25) is 0 Å². The maximum absolute atomic E-state index is 13.2. The van der Waals surface area contributed by atoms with Gasteiger partial charge in [0.15, 0.2) is 0 Å². The summed E-state index contributed by atoms with van der Waals surface area (Å²) in [5, 5.41) is 4.81. The summed E-state index contributed by atoms with van der Waals surface area (Å²) in [5.74, 6) is -0.270. The van der Waals surface area contributed by atoms with Crippen molar-refractivity contribution in [2.24, 2.45) is 0 Å². The van der Waals surface area contributed by atoms with Crippen LogP contribution in [0.1, 0.15) is 42.5 Å². The lowest BCUT2D eigenvalue weighted by Gasteiger charge is -2.38. The van der Waals surface area contributed by atoms with E-state index in [9.17, 15) is 18.0 Å². The molecule has 11 heteroatoms. The summed E-state index contributed by atoms with van der Waals surface area (Å²) in [4.78, 5) is 30.1. The number of rotatable bonds is 4. The maximum Gasteiger partial charge on any atom is 0.282 e. The van der Waals surface area contributed by atoms with Crippen LogP contribution in [0.25, 0.3) is 16.6 Å². The van der Waals surface area contributed by atoms with E-state index in [-0.39, 0.29) is 43.7 Å². The lowest BCUT2D eigenvalue weighted by atomic mass is 9.96. The van der Waals surface area contributed by atoms with E-state index < -0.39 is 10.2 Å². The smallest absolute Gasteiger partial charge is 0.282 e. The summed E-state index contributed by atoms with van der Waals surface area (Å²) in [5.41, 5.74) is 0.982. The molecule has 0 atom stereocenters. The van der Waals surface area contributed by atoms with Crippen LogP contribution >= 0.6 is 0 Å². The highest BCUT2D eigenvalue weighted by molar-refractivity contribution is 7.86. The summed E-state index contributed by atoms with van der Waals surface area (Å²) in [6.45, 7) is 1.05. The minimum absolute atomic E-state index is 0.0499. The minimum atomic E-state index is -3.56. The molecule has 176 valence electrons. The van der Waals surface area contributed by atoms with E-state index >= 15 is 0 Å². The summed E-state index contributed by atoms with van der Waals surface area (Å²) in [6, 6.07) is 7.13. The first-order valence-electron chi connectivity index (χ1n) is 11.4. The number of fused-ring (bicyclic) bond motifs is 3. The number of aromatic nitrogens is 3. The number of amides is 1. The topological polar surface area (TPSA) is 111 Å². The van der Waals surface area contributed by atoms with Gasteiger partial charge in [-0.1, -0.05) is 31.4 Å². The first-order valence-corrected chi connectivity index (χ1v) is 12.8. The Bertz CT molecular complexity index is 1350. The molecule has 1 aliphatic heterocycles. The average Bonchev–Trinajstić information content (AvgIpc) is 3.28. The number of carbonyl (C=O) groups is 1. The van der Waals surface area contributed by atoms with E-state index in [2.05, 4.69) is 10.1 Å². The van der Waals surface area contributed by atoms with E-state index in [1.807, 2.05) is 6.07 Å². The van der Waals surface area contributed by atoms with Gasteiger partial charge in [0, 0.05) is 39.3 Å². The van der Waals surface area contributed by atoms with Crippen molar-refractivity contribution in [2.45, 2.75) is 38.1 Å². The van der Waals surface area contributed by atoms with Crippen molar-refractivity contribution >= 4 is 32.7 Å². The Balaban J connectivity index is 1.33. The van der Waals surface area contributed by atoms with Gasteiger partial charge in [-0.2, -0.15) is 22.1 Å². The summed E-state index contributed by atoms with van der Waals surface area (Å²) >= 11 is 0. The largest absolute Gasteiger partial charge is 0.336 e. The average molecular weight is 473 g/mol.